The molecule has 180 valence electrons. The minimum Gasteiger partial charge on any atom is -0.497 e. The summed E-state index contributed by atoms with van der Waals surface area (Å²) in [6.07, 6.45) is 0.763. The Labute approximate surface area is 202 Å². The fourth-order valence-electron chi connectivity index (χ4n) is 3.32. The van der Waals surface area contributed by atoms with Gasteiger partial charge in [-0.25, -0.2) is 15.0 Å². The number of nitrogens with one attached hydrogen (secondary N) is 1. The first-order valence-electron chi connectivity index (χ1n) is 9.97. The molecule has 0 fully saturated rings. The zero-order valence-electron chi connectivity index (χ0n) is 18.3. The normalized spacial score (nSPS) is 11.3. The number of hydrogen-bond donors (Lipinski definition) is 1. The molecule has 0 atom stereocenters. The number of ether oxygens (including phenoxy) is 2. The maximum atomic E-state index is 13.6. The van der Waals surface area contributed by atoms with Crippen LogP contribution in [-0.2, 0) is 6.18 Å². The van der Waals surface area contributed by atoms with E-state index >= 15 is 0 Å². The van der Waals surface area contributed by atoms with Crippen molar-refractivity contribution < 1.29 is 27.4 Å². The predicted molar refractivity (Wildman–Crippen MR) is 122 cm³/mol. The van der Waals surface area contributed by atoms with E-state index in [4.69, 9.17) is 21.1 Å². The molecule has 1 amide bonds. The molecule has 4 aromatic rings. The average molecular weight is 504 g/mol. The number of hydrogen-bond acceptors (Lipinski definition) is 6. The van der Waals surface area contributed by atoms with Crippen LogP contribution in [0.5, 0.6) is 11.5 Å². The van der Waals surface area contributed by atoms with Gasteiger partial charge >= 0.3 is 6.18 Å². The number of halogens is 4. The Hall–Kier alpha value is -4.12. The lowest BCUT2D eigenvalue weighted by molar-refractivity contribution is -0.137. The van der Waals surface area contributed by atoms with Crippen molar-refractivity contribution >= 4 is 23.3 Å². The fourth-order valence-corrected chi connectivity index (χ4v) is 3.48. The van der Waals surface area contributed by atoms with Crippen LogP contribution in [0.25, 0.3) is 17.2 Å². The summed E-state index contributed by atoms with van der Waals surface area (Å²) in [5.74, 6) is 0.319. The van der Waals surface area contributed by atoms with Crippen LogP contribution in [0, 0.1) is 0 Å². The summed E-state index contributed by atoms with van der Waals surface area (Å²) in [5.41, 5.74) is -0.826. The Bertz CT molecular complexity index is 1370. The summed E-state index contributed by atoms with van der Waals surface area (Å²) in [4.78, 5) is 25.1. The molecular weight excluding hydrogens is 487 g/mol. The maximum Gasteiger partial charge on any atom is 0.417 e. The van der Waals surface area contributed by atoms with Gasteiger partial charge in [-0.2, -0.15) is 13.2 Å². The van der Waals surface area contributed by atoms with Gasteiger partial charge in [0.25, 0.3) is 5.91 Å². The van der Waals surface area contributed by atoms with E-state index in [-0.39, 0.29) is 40.1 Å². The molecule has 0 saturated heterocycles. The summed E-state index contributed by atoms with van der Waals surface area (Å²) < 4.78 is 52.5. The molecule has 0 aliphatic carbocycles. The van der Waals surface area contributed by atoms with E-state index in [1.54, 1.807) is 6.07 Å². The van der Waals surface area contributed by atoms with Gasteiger partial charge in [-0.1, -0.05) is 11.6 Å². The van der Waals surface area contributed by atoms with E-state index in [0.29, 0.717) is 5.02 Å². The molecule has 0 spiro atoms. The van der Waals surface area contributed by atoms with Gasteiger partial charge in [0.15, 0.2) is 11.6 Å². The summed E-state index contributed by atoms with van der Waals surface area (Å²) in [7, 11) is 2.77. The smallest absolute Gasteiger partial charge is 0.417 e. The molecule has 0 aliphatic heterocycles. The van der Waals surface area contributed by atoms with Crippen molar-refractivity contribution in [2.45, 2.75) is 6.18 Å². The van der Waals surface area contributed by atoms with Crippen LogP contribution in [0.15, 0.2) is 61.2 Å². The summed E-state index contributed by atoms with van der Waals surface area (Å²) in [6.45, 7) is 0. The van der Waals surface area contributed by atoms with Crippen LogP contribution in [0.4, 0.5) is 19.0 Å². The molecule has 2 heterocycles. The standard InChI is InChI=1S/C23H17ClF3N5O3/c1-34-14-4-6-17(23(25,26)27)16(10-14)21-28-7-8-32(21)20-12-29-19(11-30-20)31-22(33)15-5-3-13(24)9-18(15)35-2/h3-12H,1-2H3,(H,29,31,33). The minimum atomic E-state index is -4.61. The van der Waals surface area contributed by atoms with Crippen molar-refractivity contribution in [1.29, 1.82) is 0 Å². The summed E-state index contributed by atoms with van der Waals surface area (Å²) in [5, 5.41) is 3.00. The number of amides is 1. The lowest BCUT2D eigenvalue weighted by Gasteiger charge is -2.15. The van der Waals surface area contributed by atoms with Crippen LogP contribution in [0.3, 0.4) is 0 Å². The van der Waals surface area contributed by atoms with Gasteiger partial charge in [-0.3, -0.25) is 9.36 Å². The van der Waals surface area contributed by atoms with Crippen molar-refractivity contribution in [3.63, 3.8) is 0 Å². The summed E-state index contributed by atoms with van der Waals surface area (Å²) >= 11 is 5.92. The highest BCUT2D eigenvalue weighted by molar-refractivity contribution is 6.31. The van der Waals surface area contributed by atoms with Crippen molar-refractivity contribution in [2.24, 2.45) is 0 Å². The molecule has 2 aromatic heterocycles. The number of rotatable bonds is 6. The Morgan fingerprint density at radius 1 is 1.03 bits per heavy atom. The molecule has 0 radical (unpaired) electrons. The Morgan fingerprint density at radius 3 is 2.49 bits per heavy atom. The molecule has 35 heavy (non-hydrogen) atoms. The van der Waals surface area contributed by atoms with Crippen molar-refractivity contribution in [1.82, 2.24) is 19.5 Å². The lowest BCUT2D eigenvalue weighted by atomic mass is 10.1. The molecular formula is C23H17ClF3N5O3. The molecule has 4 rings (SSSR count). The third kappa shape index (κ3) is 5.04. The van der Waals surface area contributed by atoms with Crippen molar-refractivity contribution in [2.75, 3.05) is 19.5 Å². The molecule has 8 nitrogen and oxygen atoms in total. The number of imidazole rings is 1. The van der Waals surface area contributed by atoms with Gasteiger partial charge in [-0.05, 0) is 36.4 Å². The van der Waals surface area contributed by atoms with E-state index in [0.717, 1.165) is 6.07 Å². The molecule has 1 N–H and O–H groups in total. The number of benzene rings is 2. The first kappa shape index (κ1) is 24.0. The summed E-state index contributed by atoms with van der Waals surface area (Å²) in [6, 6.07) is 7.96. The van der Waals surface area contributed by atoms with Crippen LogP contribution in [0.1, 0.15) is 15.9 Å². The zero-order chi connectivity index (χ0) is 25.2. The molecule has 2 aromatic carbocycles. The number of nitrogens with zero attached hydrogens (tertiary/aromatic N) is 4. The van der Waals surface area contributed by atoms with E-state index in [9.17, 15) is 18.0 Å². The van der Waals surface area contributed by atoms with Crippen LogP contribution in [-0.4, -0.2) is 39.6 Å². The van der Waals surface area contributed by atoms with E-state index in [1.807, 2.05) is 0 Å². The number of alkyl halides is 3. The Kier molecular flexibility index (Phi) is 6.61. The highest BCUT2D eigenvalue weighted by atomic mass is 35.5. The van der Waals surface area contributed by atoms with Gasteiger partial charge < -0.3 is 14.8 Å². The van der Waals surface area contributed by atoms with Crippen LogP contribution < -0.4 is 14.8 Å². The minimum absolute atomic E-state index is 0.00629. The molecule has 0 saturated carbocycles. The topological polar surface area (TPSA) is 91.2 Å². The Balaban J connectivity index is 1.64. The molecule has 0 bridgehead atoms. The van der Waals surface area contributed by atoms with Gasteiger partial charge in [0.05, 0.1) is 37.7 Å². The first-order chi connectivity index (χ1) is 16.7. The van der Waals surface area contributed by atoms with Gasteiger partial charge in [0.2, 0.25) is 0 Å². The third-order valence-corrected chi connectivity index (χ3v) is 5.18. The quantitative estimate of drug-likeness (QED) is 0.385. The molecule has 0 unspecified atom stereocenters. The largest absolute Gasteiger partial charge is 0.497 e. The van der Waals surface area contributed by atoms with Crippen molar-refractivity contribution in [3.05, 3.63) is 77.3 Å². The molecule has 0 aliphatic rings. The SMILES string of the molecule is COc1ccc(C(F)(F)F)c(-c2nccn2-c2cnc(NC(=O)c3ccc(Cl)cc3OC)cn2)c1. The average Bonchev–Trinajstić information content (AvgIpc) is 3.33. The van der Waals surface area contributed by atoms with E-state index in [1.165, 1.54) is 67.8 Å². The number of anilines is 1. The lowest BCUT2D eigenvalue weighted by Crippen LogP contribution is -2.15. The zero-order valence-corrected chi connectivity index (χ0v) is 19.1. The number of aromatic nitrogens is 4. The van der Waals surface area contributed by atoms with E-state index < -0.39 is 17.6 Å². The second-order valence-corrected chi connectivity index (χ2v) is 7.53. The van der Waals surface area contributed by atoms with Gasteiger partial charge in [-0.15, -0.1) is 0 Å². The number of carbonyl (C=O) groups excluding carboxylic acids is 1. The monoisotopic (exact) mass is 503 g/mol. The first-order valence-corrected chi connectivity index (χ1v) is 10.4. The second kappa shape index (κ2) is 9.63. The van der Waals surface area contributed by atoms with Crippen LogP contribution in [0.2, 0.25) is 5.02 Å². The number of methoxy groups -OCH3 is 2. The third-order valence-electron chi connectivity index (χ3n) is 4.95. The molecule has 12 heteroatoms. The van der Waals surface area contributed by atoms with Gasteiger partial charge in [0.1, 0.15) is 17.3 Å². The predicted octanol–water partition coefficient (Wildman–Crippen LogP) is 5.27. The van der Waals surface area contributed by atoms with Crippen molar-refractivity contribution in [3.8, 4) is 28.7 Å². The highest BCUT2D eigenvalue weighted by Gasteiger charge is 2.35. The van der Waals surface area contributed by atoms with Gasteiger partial charge in [0, 0.05) is 23.0 Å². The Morgan fingerprint density at radius 2 is 1.83 bits per heavy atom. The highest BCUT2D eigenvalue weighted by Crippen LogP contribution is 2.39. The number of carbonyl (C=O) groups is 1. The fraction of sp³-hybridized carbons (Fsp3) is 0.130. The van der Waals surface area contributed by atoms with E-state index in [2.05, 4.69) is 20.3 Å². The second-order valence-electron chi connectivity index (χ2n) is 7.09. The maximum absolute atomic E-state index is 13.6. The van der Waals surface area contributed by atoms with Crippen LogP contribution >= 0.6 is 11.6 Å².